The third-order valence-electron chi connectivity index (χ3n) is 6.47. The van der Waals surface area contributed by atoms with E-state index in [1.165, 1.54) is 19.0 Å². The van der Waals surface area contributed by atoms with Crippen molar-refractivity contribution < 1.29 is 14.6 Å². The highest BCUT2D eigenvalue weighted by Crippen LogP contribution is 2.31. The zero-order chi connectivity index (χ0) is 20.4. The molecule has 8 nitrogen and oxygen atoms in total. The number of nitrogens with two attached hydrogens (primary N) is 1. The number of amides is 1. The van der Waals surface area contributed by atoms with Crippen LogP contribution in [0.5, 0.6) is 0 Å². The molecule has 0 aliphatic heterocycles. The van der Waals surface area contributed by atoms with Gasteiger partial charge in [0.05, 0.1) is 23.9 Å². The molecule has 4 rings (SSSR count). The molecule has 3 saturated carbocycles. The molecular weight excluding hydrogens is 370 g/mol. The minimum atomic E-state index is -0.554. The first-order valence-corrected chi connectivity index (χ1v) is 11.0. The van der Waals surface area contributed by atoms with Crippen LogP contribution in [0.25, 0.3) is 0 Å². The number of aliphatic hydroxyl groups is 1. The third-order valence-corrected chi connectivity index (χ3v) is 6.47. The fourth-order valence-corrected chi connectivity index (χ4v) is 4.37. The molecule has 0 unspecified atom stereocenters. The van der Waals surface area contributed by atoms with Crippen molar-refractivity contribution in [2.75, 3.05) is 10.6 Å². The molecule has 0 aromatic carbocycles. The molecule has 0 spiro atoms. The van der Waals surface area contributed by atoms with Gasteiger partial charge in [0.1, 0.15) is 5.82 Å². The van der Waals surface area contributed by atoms with E-state index in [1.54, 1.807) is 0 Å². The Balaban J connectivity index is 1.37. The molecular formula is C21H33N5O3. The second-order valence-electron chi connectivity index (χ2n) is 8.97. The van der Waals surface area contributed by atoms with Crippen molar-refractivity contribution in [1.29, 1.82) is 0 Å². The van der Waals surface area contributed by atoms with Gasteiger partial charge in [-0.15, -0.1) is 0 Å². The van der Waals surface area contributed by atoms with Gasteiger partial charge in [-0.1, -0.05) is 6.92 Å². The standard InChI is InChI=1S/C21H33N5O3/c1-12-2-3-14(10-18(12)27)24-20-17(19(22)28)11-23-21(26-20)25-13-4-6-15(7-5-13)29-16-8-9-16/h11-16,18,27H,2-10H2,1H3,(H2,22,28)(H2,23,24,25,26)/t12-,13-,14-,15-,18-/m1/s1. The van der Waals surface area contributed by atoms with E-state index < -0.39 is 5.91 Å². The Morgan fingerprint density at radius 3 is 2.34 bits per heavy atom. The van der Waals surface area contributed by atoms with Crippen molar-refractivity contribution in [2.45, 2.75) is 95.1 Å². The van der Waals surface area contributed by atoms with Crippen LogP contribution in [0.1, 0.15) is 75.1 Å². The summed E-state index contributed by atoms with van der Waals surface area (Å²) >= 11 is 0. The van der Waals surface area contributed by atoms with Crippen molar-refractivity contribution in [2.24, 2.45) is 11.7 Å². The molecule has 1 amide bonds. The zero-order valence-electron chi connectivity index (χ0n) is 17.1. The minimum absolute atomic E-state index is 0.0667. The molecule has 0 saturated heterocycles. The molecule has 3 aliphatic rings. The number of nitrogens with zero attached hydrogens (tertiary/aromatic N) is 2. The molecule has 1 aromatic rings. The highest BCUT2D eigenvalue weighted by Gasteiger charge is 2.30. The van der Waals surface area contributed by atoms with E-state index in [9.17, 15) is 9.90 Å². The maximum Gasteiger partial charge on any atom is 0.254 e. The van der Waals surface area contributed by atoms with Crippen LogP contribution in [0.2, 0.25) is 0 Å². The number of aliphatic hydroxyl groups excluding tert-OH is 1. The van der Waals surface area contributed by atoms with Gasteiger partial charge in [-0.2, -0.15) is 4.98 Å². The summed E-state index contributed by atoms with van der Waals surface area (Å²) in [5.41, 5.74) is 5.80. The zero-order valence-corrected chi connectivity index (χ0v) is 17.1. The number of nitrogens with one attached hydrogen (secondary N) is 2. The molecule has 5 N–H and O–H groups in total. The predicted molar refractivity (Wildman–Crippen MR) is 111 cm³/mol. The number of ether oxygens (including phenoxy) is 1. The summed E-state index contributed by atoms with van der Waals surface area (Å²) in [4.78, 5) is 20.7. The highest BCUT2D eigenvalue weighted by molar-refractivity contribution is 5.97. The molecule has 3 atom stereocenters. The molecule has 8 heteroatoms. The van der Waals surface area contributed by atoms with E-state index in [2.05, 4.69) is 27.5 Å². The van der Waals surface area contributed by atoms with Gasteiger partial charge in [0.25, 0.3) is 5.91 Å². The Morgan fingerprint density at radius 1 is 1.07 bits per heavy atom. The maximum atomic E-state index is 11.8. The normalized spacial score (nSPS) is 32.6. The quantitative estimate of drug-likeness (QED) is 0.551. The van der Waals surface area contributed by atoms with Gasteiger partial charge in [-0.3, -0.25) is 4.79 Å². The van der Waals surface area contributed by atoms with Crippen LogP contribution in [0.3, 0.4) is 0 Å². The van der Waals surface area contributed by atoms with Crippen molar-refractivity contribution in [1.82, 2.24) is 9.97 Å². The summed E-state index contributed by atoms with van der Waals surface area (Å²) in [5.74, 6) is 0.702. The number of rotatable bonds is 7. The molecule has 3 fully saturated rings. The highest BCUT2D eigenvalue weighted by atomic mass is 16.5. The van der Waals surface area contributed by atoms with Crippen LogP contribution in [-0.2, 0) is 4.74 Å². The molecule has 29 heavy (non-hydrogen) atoms. The summed E-state index contributed by atoms with van der Waals surface area (Å²) in [6, 6.07) is 0.371. The van der Waals surface area contributed by atoms with Crippen LogP contribution in [0, 0.1) is 5.92 Å². The van der Waals surface area contributed by atoms with Crippen LogP contribution >= 0.6 is 0 Å². The number of primary amides is 1. The molecule has 1 aromatic heterocycles. The number of carbonyl (C=O) groups excluding carboxylic acids is 1. The van der Waals surface area contributed by atoms with E-state index in [-0.39, 0.29) is 17.7 Å². The number of hydrogen-bond acceptors (Lipinski definition) is 7. The van der Waals surface area contributed by atoms with Crippen molar-refractivity contribution in [3.05, 3.63) is 11.8 Å². The second kappa shape index (κ2) is 8.83. The van der Waals surface area contributed by atoms with Gasteiger partial charge < -0.3 is 26.2 Å². The van der Waals surface area contributed by atoms with Gasteiger partial charge in [0, 0.05) is 18.3 Å². The average Bonchev–Trinajstić information content (AvgIpc) is 3.50. The van der Waals surface area contributed by atoms with Crippen LogP contribution < -0.4 is 16.4 Å². The SMILES string of the molecule is C[C@@H]1CC[C@@H](Nc2nc(N[C@H]3CC[C@H](OC4CC4)CC3)ncc2C(N)=O)C[C@H]1O. The topological polar surface area (TPSA) is 122 Å². The lowest BCUT2D eigenvalue weighted by molar-refractivity contribution is 0.0146. The summed E-state index contributed by atoms with van der Waals surface area (Å²) in [6.07, 6.45) is 11.1. The first-order valence-electron chi connectivity index (χ1n) is 11.0. The van der Waals surface area contributed by atoms with Crippen molar-refractivity contribution >= 4 is 17.7 Å². The fraction of sp³-hybridized carbons (Fsp3) is 0.762. The van der Waals surface area contributed by atoms with Gasteiger partial charge in [-0.05, 0) is 63.7 Å². The molecule has 0 radical (unpaired) electrons. The predicted octanol–water partition coefficient (Wildman–Crippen LogP) is 2.44. The summed E-state index contributed by atoms with van der Waals surface area (Å²) in [7, 11) is 0. The molecule has 3 aliphatic carbocycles. The fourth-order valence-electron chi connectivity index (χ4n) is 4.37. The maximum absolute atomic E-state index is 11.8. The van der Waals surface area contributed by atoms with Crippen LogP contribution in [0.4, 0.5) is 11.8 Å². The largest absolute Gasteiger partial charge is 0.393 e. The molecule has 0 bridgehead atoms. The second-order valence-corrected chi connectivity index (χ2v) is 8.97. The van der Waals surface area contributed by atoms with Gasteiger partial charge in [0.2, 0.25) is 5.95 Å². The van der Waals surface area contributed by atoms with Gasteiger partial charge in [0.15, 0.2) is 0 Å². The lowest BCUT2D eigenvalue weighted by Gasteiger charge is -2.32. The lowest BCUT2D eigenvalue weighted by Crippen LogP contribution is -2.36. The molecule has 1 heterocycles. The minimum Gasteiger partial charge on any atom is -0.393 e. The monoisotopic (exact) mass is 403 g/mol. The summed E-state index contributed by atoms with van der Waals surface area (Å²) in [6.45, 7) is 2.06. The first kappa shape index (κ1) is 20.3. The van der Waals surface area contributed by atoms with Crippen LogP contribution in [-0.4, -0.2) is 51.4 Å². The third kappa shape index (κ3) is 5.36. The average molecular weight is 404 g/mol. The van der Waals surface area contributed by atoms with Gasteiger partial charge in [-0.25, -0.2) is 4.98 Å². The number of hydrogen-bond donors (Lipinski definition) is 4. The Morgan fingerprint density at radius 2 is 1.72 bits per heavy atom. The van der Waals surface area contributed by atoms with Crippen molar-refractivity contribution in [3.8, 4) is 0 Å². The van der Waals surface area contributed by atoms with E-state index in [4.69, 9.17) is 10.5 Å². The summed E-state index contributed by atoms with van der Waals surface area (Å²) < 4.78 is 6.02. The van der Waals surface area contributed by atoms with Crippen molar-refractivity contribution in [3.63, 3.8) is 0 Å². The van der Waals surface area contributed by atoms with E-state index in [0.717, 1.165) is 38.5 Å². The Hall–Kier alpha value is -1.93. The smallest absolute Gasteiger partial charge is 0.254 e. The number of carbonyl (C=O) groups is 1. The summed E-state index contributed by atoms with van der Waals surface area (Å²) in [5, 5.41) is 16.9. The Labute approximate surface area is 172 Å². The first-order chi connectivity index (χ1) is 14.0. The number of anilines is 2. The lowest BCUT2D eigenvalue weighted by atomic mass is 9.85. The molecule has 160 valence electrons. The van der Waals surface area contributed by atoms with E-state index in [1.807, 2.05) is 0 Å². The Bertz CT molecular complexity index is 718. The van der Waals surface area contributed by atoms with E-state index >= 15 is 0 Å². The van der Waals surface area contributed by atoms with Gasteiger partial charge >= 0.3 is 0 Å². The number of aromatic nitrogens is 2. The van der Waals surface area contributed by atoms with E-state index in [0.29, 0.717) is 42.4 Å². The van der Waals surface area contributed by atoms with Crippen LogP contribution in [0.15, 0.2) is 6.20 Å². The Kier molecular flexibility index (Phi) is 6.20.